The van der Waals surface area contributed by atoms with E-state index in [1.807, 2.05) is 7.05 Å². The van der Waals surface area contributed by atoms with Crippen LogP contribution in [0.3, 0.4) is 0 Å². The number of hydrogen-bond acceptors (Lipinski definition) is 3. The summed E-state index contributed by atoms with van der Waals surface area (Å²) in [5.74, 6) is 0. The summed E-state index contributed by atoms with van der Waals surface area (Å²) in [5, 5.41) is 5.41. The molecule has 1 heterocycles. The Morgan fingerprint density at radius 2 is 1.90 bits per heavy atom. The summed E-state index contributed by atoms with van der Waals surface area (Å²) in [6.45, 7) is 4.56. The predicted octanol–water partition coefficient (Wildman–Crippen LogP) is -0.194. The molecule has 0 bridgehead atoms. The van der Waals surface area contributed by atoms with Crippen molar-refractivity contribution in [1.82, 2.24) is 15.8 Å². The quantitative estimate of drug-likeness (QED) is 0.534. The summed E-state index contributed by atoms with van der Waals surface area (Å²) in [6.07, 6.45) is 2.71. The van der Waals surface area contributed by atoms with Gasteiger partial charge in [-0.05, 0) is 19.9 Å². The van der Waals surface area contributed by atoms with Crippen LogP contribution in [0.2, 0.25) is 0 Å². The highest BCUT2D eigenvalue weighted by atomic mass is 15.5. The first-order valence-electron chi connectivity index (χ1n) is 4.06. The molecule has 3 nitrogen and oxygen atoms in total. The monoisotopic (exact) mass is 143 g/mol. The fraction of sp³-hybridized carbons (Fsp3) is 1.00. The van der Waals surface area contributed by atoms with E-state index >= 15 is 0 Å². The van der Waals surface area contributed by atoms with Crippen LogP contribution in [0, 0.1) is 0 Å². The van der Waals surface area contributed by atoms with Crippen LogP contribution in [0.4, 0.5) is 0 Å². The van der Waals surface area contributed by atoms with Gasteiger partial charge < -0.3 is 5.32 Å². The van der Waals surface area contributed by atoms with Crippen molar-refractivity contribution in [3.8, 4) is 0 Å². The Morgan fingerprint density at radius 3 is 2.50 bits per heavy atom. The lowest BCUT2D eigenvalue weighted by Gasteiger charge is -2.15. The molecule has 0 spiro atoms. The van der Waals surface area contributed by atoms with E-state index in [1.165, 1.54) is 25.9 Å². The summed E-state index contributed by atoms with van der Waals surface area (Å²) < 4.78 is 0. The molecule has 3 heteroatoms. The number of hydrazine groups is 1. The van der Waals surface area contributed by atoms with Gasteiger partial charge in [-0.25, -0.2) is 5.01 Å². The van der Waals surface area contributed by atoms with Crippen molar-refractivity contribution in [2.75, 3.05) is 33.2 Å². The number of hydrogen-bond donors (Lipinski definition) is 2. The maximum atomic E-state index is 3.35. The third-order valence-corrected chi connectivity index (χ3v) is 1.82. The van der Waals surface area contributed by atoms with Gasteiger partial charge in [-0.2, -0.15) is 0 Å². The lowest BCUT2D eigenvalue weighted by Crippen LogP contribution is -2.39. The van der Waals surface area contributed by atoms with Gasteiger partial charge in [0.1, 0.15) is 0 Å². The highest BCUT2D eigenvalue weighted by Gasteiger charge is 2.08. The van der Waals surface area contributed by atoms with Crippen LogP contribution in [0.5, 0.6) is 0 Å². The Bertz CT molecular complexity index is 78.9. The molecule has 1 saturated heterocycles. The van der Waals surface area contributed by atoms with Crippen molar-refractivity contribution in [1.29, 1.82) is 0 Å². The first kappa shape index (κ1) is 7.98. The highest BCUT2D eigenvalue weighted by Crippen LogP contribution is 2.02. The third kappa shape index (κ3) is 2.64. The normalized spacial score (nSPS) is 20.1. The molecule has 0 aromatic carbocycles. The number of nitrogens with one attached hydrogen (secondary N) is 2. The number of rotatable bonds is 4. The smallest absolute Gasteiger partial charge is 0.0227 e. The van der Waals surface area contributed by atoms with Crippen LogP contribution in [0.25, 0.3) is 0 Å². The Kier molecular flexibility index (Phi) is 3.72. The van der Waals surface area contributed by atoms with Crippen molar-refractivity contribution < 1.29 is 0 Å². The molecule has 0 radical (unpaired) electrons. The molecular weight excluding hydrogens is 126 g/mol. The zero-order valence-corrected chi connectivity index (χ0v) is 6.69. The minimum atomic E-state index is 1.05. The number of likely N-dealkylation sites (N-methyl/N-ethyl adjacent to an activating group) is 1. The van der Waals surface area contributed by atoms with Crippen LogP contribution >= 0.6 is 0 Å². The summed E-state index contributed by atoms with van der Waals surface area (Å²) >= 11 is 0. The van der Waals surface area contributed by atoms with Crippen LogP contribution in [-0.2, 0) is 0 Å². The average molecular weight is 143 g/mol. The summed E-state index contributed by atoms with van der Waals surface area (Å²) in [6, 6.07) is 0. The molecule has 0 saturated carbocycles. The van der Waals surface area contributed by atoms with Crippen LogP contribution in [-0.4, -0.2) is 38.2 Å². The van der Waals surface area contributed by atoms with E-state index in [1.54, 1.807) is 0 Å². The van der Waals surface area contributed by atoms with Gasteiger partial charge in [-0.3, -0.25) is 5.43 Å². The molecule has 1 fully saturated rings. The first-order valence-corrected chi connectivity index (χ1v) is 4.06. The van der Waals surface area contributed by atoms with Crippen molar-refractivity contribution in [3.63, 3.8) is 0 Å². The molecule has 0 amide bonds. The van der Waals surface area contributed by atoms with Crippen molar-refractivity contribution in [2.24, 2.45) is 0 Å². The molecule has 0 aliphatic carbocycles. The van der Waals surface area contributed by atoms with Crippen LogP contribution in [0.15, 0.2) is 0 Å². The van der Waals surface area contributed by atoms with Crippen molar-refractivity contribution in [3.05, 3.63) is 0 Å². The molecule has 10 heavy (non-hydrogen) atoms. The molecule has 1 rings (SSSR count). The van der Waals surface area contributed by atoms with Gasteiger partial charge in [0.05, 0.1) is 0 Å². The highest BCUT2D eigenvalue weighted by molar-refractivity contribution is 4.61. The van der Waals surface area contributed by atoms with Crippen LogP contribution < -0.4 is 10.7 Å². The maximum absolute atomic E-state index is 3.35. The van der Waals surface area contributed by atoms with E-state index in [4.69, 9.17) is 0 Å². The lowest BCUT2D eigenvalue weighted by molar-refractivity contribution is 0.237. The van der Waals surface area contributed by atoms with Crippen molar-refractivity contribution >= 4 is 0 Å². The third-order valence-electron chi connectivity index (χ3n) is 1.82. The Morgan fingerprint density at radius 1 is 1.20 bits per heavy atom. The Balaban J connectivity index is 1.91. The largest absolute Gasteiger partial charge is 0.318 e. The van der Waals surface area contributed by atoms with E-state index in [9.17, 15) is 0 Å². The molecule has 0 aromatic heterocycles. The van der Waals surface area contributed by atoms with E-state index in [0.717, 1.165) is 13.1 Å². The molecule has 1 aliphatic rings. The first-order chi connectivity index (χ1) is 4.93. The molecule has 2 N–H and O–H groups in total. The average Bonchev–Trinajstić information content (AvgIpc) is 2.41. The SMILES string of the molecule is CNCCNN1CCCC1. The summed E-state index contributed by atoms with van der Waals surface area (Å²) in [4.78, 5) is 0. The Hall–Kier alpha value is -0.120. The number of nitrogens with zero attached hydrogens (tertiary/aromatic N) is 1. The van der Waals surface area contributed by atoms with E-state index in [-0.39, 0.29) is 0 Å². The predicted molar refractivity (Wildman–Crippen MR) is 42.7 cm³/mol. The van der Waals surface area contributed by atoms with Gasteiger partial charge in [-0.15, -0.1) is 0 Å². The summed E-state index contributed by atoms with van der Waals surface area (Å²) in [7, 11) is 1.98. The topological polar surface area (TPSA) is 27.3 Å². The molecule has 0 aromatic rings. The standard InChI is InChI=1S/C7H17N3/c1-8-4-5-9-10-6-2-3-7-10/h8-9H,2-7H2,1H3. The van der Waals surface area contributed by atoms with Gasteiger partial charge in [-0.1, -0.05) is 0 Å². The fourth-order valence-corrected chi connectivity index (χ4v) is 1.21. The minimum absolute atomic E-state index is 1.05. The second-order valence-electron chi connectivity index (χ2n) is 2.71. The zero-order valence-electron chi connectivity index (χ0n) is 6.69. The summed E-state index contributed by atoms with van der Waals surface area (Å²) in [5.41, 5.74) is 3.35. The second-order valence-corrected chi connectivity index (χ2v) is 2.71. The molecular formula is C7H17N3. The second kappa shape index (κ2) is 4.66. The Labute approximate surface area is 62.8 Å². The lowest BCUT2D eigenvalue weighted by atomic mass is 10.4. The van der Waals surface area contributed by atoms with Crippen molar-refractivity contribution in [2.45, 2.75) is 12.8 Å². The van der Waals surface area contributed by atoms with Gasteiger partial charge in [0, 0.05) is 26.2 Å². The van der Waals surface area contributed by atoms with E-state index in [0.29, 0.717) is 0 Å². The van der Waals surface area contributed by atoms with Gasteiger partial charge in [0.25, 0.3) is 0 Å². The van der Waals surface area contributed by atoms with Crippen LogP contribution in [0.1, 0.15) is 12.8 Å². The minimum Gasteiger partial charge on any atom is -0.318 e. The fourth-order valence-electron chi connectivity index (χ4n) is 1.21. The van der Waals surface area contributed by atoms with E-state index in [2.05, 4.69) is 15.8 Å². The van der Waals surface area contributed by atoms with Gasteiger partial charge in [0.15, 0.2) is 0 Å². The molecule has 0 atom stereocenters. The molecule has 60 valence electrons. The zero-order chi connectivity index (χ0) is 7.23. The maximum Gasteiger partial charge on any atom is 0.0227 e. The molecule has 1 aliphatic heterocycles. The van der Waals surface area contributed by atoms with Gasteiger partial charge >= 0.3 is 0 Å². The molecule has 0 unspecified atom stereocenters. The van der Waals surface area contributed by atoms with E-state index < -0.39 is 0 Å². The van der Waals surface area contributed by atoms with Gasteiger partial charge in [0.2, 0.25) is 0 Å².